The molecule has 3 rings (SSSR count). The molecular formula is C21H16F3N3O2. The molecule has 0 unspecified atom stereocenters. The van der Waals surface area contributed by atoms with E-state index in [-0.39, 0.29) is 11.3 Å². The Kier molecular flexibility index (Phi) is 5.92. The quantitative estimate of drug-likeness (QED) is 0.618. The lowest BCUT2D eigenvalue weighted by atomic mass is 10.1. The number of carbonyl (C=O) groups excluding carboxylic acids is 2. The third-order valence-corrected chi connectivity index (χ3v) is 4.16. The van der Waals surface area contributed by atoms with Crippen molar-refractivity contribution in [2.45, 2.75) is 13.3 Å². The van der Waals surface area contributed by atoms with Crippen LogP contribution in [-0.2, 0) is 6.42 Å². The zero-order chi connectivity index (χ0) is 21.0. The first-order chi connectivity index (χ1) is 13.9. The molecule has 2 N–H and O–H groups in total. The standard InChI is InChI=1S/C21H16F3N3O2/c1-2-12-3-5-14(6-4-12)26-20(28)13-9-10-25-17(11-13)21(29)27-16-8-7-15(22)18(23)19(16)24/h3-11H,2H2,1H3,(H,26,28)(H,27,29). The van der Waals surface area contributed by atoms with Gasteiger partial charge in [0, 0.05) is 17.4 Å². The number of hydrogen-bond donors (Lipinski definition) is 2. The van der Waals surface area contributed by atoms with Gasteiger partial charge in [-0.2, -0.15) is 0 Å². The first kappa shape index (κ1) is 20.1. The van der Waals surface area contributed by atoms with Crippen LogP contribution in [0, 0.1) is 17.5 Å². The molecule has 3 aromatic rings. The van der Waals surface area contributed by atoms with Gasteiger partial charge in [-0.05, 0) is 48.4 Å². The number of carbonyl (C=O) groups is 2. The number of aromatic nitrogens is 1. The van der Waals surface area contributed by atoms with Crippen LogP contribution in [0.3, 0.4) is 0 Å². The molecule has 1 aromatic heterocycles. The van der Waals surface area contributed by atoms with Gasteiger partial charge in [0.05, 0.1) is 5.69 Å². The highest BCUT2D eigenvalue weighted by atomic mass is 19.2. The third kappa shape index (κ3) is 4.60. The van der Waals surface area contributed by atoms with E-state index in [2.05, 4.69) is 15.6 Å². The zero-order valence-corrected chi connectivity index (χ0v) is 15.3. The monoisotopic (exact) mass is 399 g/mol. The molecule has 0 saturated heterocycles. The van der Waals surface area contributed by atoms with E-state index in [1.165, 1.54) is 18.3 Å². The Balaban J connectivity index is 1.75. The first-order valence-corrected chi connectivity index (χ1v) is 8.70. The molecule has 8 heteroatoms. The zero-order valence-electron chi connectivity index (χ0n) is 15.3. The molecule has 5 nitrogen and oxygen atoms in total. The van der Waals surface area contributed by atoms with Crippen molar-refractivity contribution in [3.05, 3.63) is 89.0 Å². The van der Waals surface area contributed by atoms with Crippen LogP contribution >= 0.6 is 0 Å². The summed E-state index contributed by atoms with van der Waals surface area (Å²) < 4.78 is 40.0. The van der Waals surface area contributed by atoms with Crippen molar-refractivity contribution in [3.8, 4) is 0 Å². The summed E-state index contributed by atoms with van der Waals surface area (Å²) >= 11 is 0. The molecule has 0 atom stereocenters. The van der Waals surface area contributed by atoms with E-state index in [1.807, 2.05) is 19.1 Å². The van der Waals surface area contributed by atoms with Gasteiger partial charge in [0.25, 0.3) is 11.8 Å². The Bertz CT molecular complexity index is 1070. The van der Waals surface area contributed by atoms with Gasteiger partial charge >= 0.3 is 0 Å². The van der Waals surface area contributed by atoms with Crippen molar-refractivity contribution in [1.82, 2.24) is 4.98 Å². The normalized spacial score (nSPS) is 10.5. The summed E-state index contributed by atoms with van der Waals surface area (Å²) in [5.74, 6) is -5.94. The van der Waals surface area contributed by atoms with E-state index in [9.17, 15) is 22.8 Å². The number of halogens is 3. The minimum absolute atomic E-state index is 0.149. The minimum atomic E-state index is -1.70. The summed E-state index contributed by atoms with van der Waals surface area (Å²) in [6, 6.07) is 11.5. The van der Waals surface area contributed by atoms with Crippen LogP contribution in [0.5, 0.6) is 0 Å². The molecule has 0 aliphatic heterocycles. The average Bonchev–Trinajstić information content (AvgIpc) is 2.74. The predicted octanol–water partition coefficient (Wildman–Crippen LogP) is 4.57. The van der Waals surface area contributed by atoms with Gasteiger partial charge in [-0.1, -0.05) is 19.1 Å². The Labute approximate surface area is 164 Å². The second-order valence-corrected chi connectivity index (χ2v) is 6.11. The van der Waals surface area contributed by atoms with E-state index in [1.54, 1.807) is 12.1 Å². The highest BCUT2D eigenvalue weighted by molar-refractivity contribution is 6.07. The summed E-state index contributed by atoms with van der Waals surface area (Å²) in [5, 5.41) is 4.81. The number of amides is 2. The second-order valence-electron chi connectivity index (χ2n) is 6.11. The van der Waals surface area contributed by atoms with Gasteiger partial charge < -0.3 is 10.6 Å². The summed E-state index contributed by atoms with van der Waals surface area (Å²) in [5.41, 5.74) is 1.12. The Morgan fingerprint density at radius 2 is 1.62 bits per heavy atom. The second kappa shape index (κ2) is 8.55. The molecule has 0 aliphatic rings. The van der Waals surface area contributed by atoms with E-state index in [4.69, 9.17) is 0 Å². The van der Waals surface area contributed by atoms with E-state index in [0.29, 0.717) is 11.8 Å². The molecule has 0 aliphatic carbocycles. The number of nitrogens with one attached hydrogen (secondary N) is 2. The molecule has 2 aromatic carbocycles. The van der Waals surface area contributed by atoms with Gasteiger partial charge in [-0.15, -0.1) is 0 Å². The number of nitrogens with zero attached hydrogens (tertiary/aromatic N) is 1. The van der Waals surface area contributed by atoms with Crippen LogP contribution < -0.4 is 10.6 Å². The van der Waals surface area contributed by atoms with Crippen LogP contribution in [0.4, 0.5) is 24.5 Å². The summed E-state index contributed by atoms with van der Waals surface area (Å²) in [6.07, 6.45) is 2.11. The molecule has 0 saturated carbocycles. The number of anilines is 2. The number of benzene rings is 2. The number of pyridine rings is 1. The fraction of sp³-hybridized carbons (Fsp3) is 0.0952. The maximum absolute atomic E-state index is 13.7. The maximum Gasteiger partial charge on any atom is 0.274 e. The molecule has 148 valence electrons. The lowest BCUT2D eigenvalue weighted by molar-refractivity contribution is 0.102. The van der Waals surface area contributed by atoms with Crippen molar-refractivity contribution in [2.75, 3.05) is 10.6 Å². The fourth-order valence-corrected chi connectivity index (χ4v) is 2.53. The van der Waals surface area contributed by atoms with Gasteiger partial charge in [0.1, 0.15) is 5.69 Å². The van der Waals surface area contributed by atoms with Gasteiger partial charge in [-0.3, -0.25) is 14.6 Å². The average molecular weight is 399 g/mol. The van der Waals surface area contributed by atoms with E-state index in [0.717, 1.165) is 18.1 Å². The minimum Gasteiger partial charge on any atom is -0.322 e. The molecule has 0 fully saturated rings. The molecule has 0 bridgehead atoms. The van der Waals surface area contributed by atoms with Crippen molar-refractivity contribution < 1.29 is 22.8 Å². The molecule has 1 heterocycles. The smallest absolute Gasteiger partial charge is 0.274 e. The SMILES string of the molecule is CCc1ccc(NC(=O)c2ccnc(C(=O)Nc3ccc(F)c(F)c3F)c2)cc1. The topological polar surface area (TPSA) is 71.1 Å². The fourth-order valence-electron chi connectivity index (χ4n) is 2.53. The van der Waals surface area contributed by atoms with Crippen LogP contribution in [0.2, 0.25) is 0 Å². The van der Waals surface area contributed by atoms with Crippen molar-refractivity contribution in [1.29, 1.82) is 0 Å². The predicted molar refractivity (Wildman–Crippen MR) is 102 cm³/mol. The number of rotatable bonds is 5. The van der Waals surface area contributed by atoms with Crippen LogP contribution in [0.1, 0.15) is 33.3 Å². The number of aryl methyl sites for hydroxylation is 1. The molecule has 0 spiro atoms. The van der Waals surface area contributed by atoms with Gasteiger partial charge in [0.2, 0.25) is 0 Å². The summed E-state index contributed by atoms with van der Waals surface area (Å²) in [7, 11) is 0. The lowest BCUT2D eigenvalue weighted by Crippen LogP contribution is -2.18. The molecule has 29 heavy (non-hydrogen) atoms. The lowest BCUT2D eigenvalue weighted by Gasteiger charge is -2.09. The Hall–Kier alpha value is -3.68. The highest BCUT2D eigenvalue weighted by Gasteiger charge is 2.17. The van der Waals surface area contributed by atoms with Gasteiger partial charge in [0.15, 0.2) is 17.5 Å². The summed E-state index contributed by atoms with van der Waals surface area (Å²) in [4.78, 5) is 28.5. The van der Waals surface area contributed by atoms with Crippen LogP contribution in [0.25, 0.3) is 0 Å². The van der Waals surface area contributed by atoms with Crippen molar-refractivity contribution >= 4 is 23.2 Å². The van der Waals surface area contributed by atoms with Crippen molar-refractivity contribution in [3.63, 3.8) is 0 Å². The Morgan fingerprint density at radius 3 is 2.31 bits per heavy atom. The summed E-state index contributed by atoms with van der Waals surface area (Å²) in [6.45, 7) is 2.02. The number of hydrogen-bond acceptors (Lipinski definition) is 3. The van der Waals surface area contributed by atoms with Crippen molar-refractivity contribution in [2.24, 2.45) is 0 Å². The Morgan fingerprint density at radius 1 is 0.897 bits per heavy atom. The largest absolute Gasteiger partial charge is 0.322 e. The van der Waals surface area contributed by atoms with Crippen LogP contribution in [-0.4, -0.2) is 16.8 Å². The third-order valence-electron chi connectivity index (χ3n) is 4.16. The maximum atomic E-state index is 13.7. The molecule has 2 amide bonds. The first-order valence-electron chi connectivity index (χ1n) is 8.70. The molecule has 0 radical (unpaired) electrons. The highest BCUT2D eigenvalue weighted by Crippen LogP contribution is 2.20. The molecular weight excluding hydrogens is 383 g/mol. The van der Waals surface area contributed by atoms with E-state index >= 15 is 0 Å². The van der Waals surface area contributed by atoms with E-state index < -0.39 is 35.0 Å². The van der Waals surface area contributed by atoms with Gasteiger partial charge in [-0.25, -0.2) is 13.2 Å². The van der Waals surface area contributed by atoms with Crippen LogP contribution in [0.15, 0.2) is 54.7 Å².